The molecule has 2 amide bonds. The smallest absolute Gasteiger partial charge is 0.318 e. The Bertz CT molecular complexity index is 1340. The molecule has 33 heavy (non-hydrogen) atoms. The summed E-state index contributed by atoms with van der Waals surface area (Å²) in [6.45, 7) is 4.21. The van der Waals surface area contributed by atoms with Crippen LogP contribution in [0.25, 0.3) is 5.69 Å². The van der Waals surface area contributed by atoms with E-state index in [-0.39, 0.29) is 12.6 Å². The Morgan fingerprint density at radius 3 is 2.48 bits per heavy atom. The van der Waals surface area contributed by atoms with Crippen LogP contribution < -0.4 is 5.32 Å². The third kappa shape index (κ3) is 3.78. The van der Waals surface area contributed by atoms with Crippen LogP contribution in [0.4, 0.5) is 19.3 Å². The Kier molecular flexibility index (Phi) is 5.21. The molecule has 1 unspecified atom stereocenters. The number of rotatable bonds is 2. The fraction of sp³-hybridized carbons (Fsp3) is 0.148. The summed E-state index contributed by atoms with van der Waals surface area (Å²) in [5, 5.41) is 3.02. The van der Waals surface area contributed by atoms with Crippen molar-refractivity contribution in [1.29, 1.82) is 0 Å². The highest BCUT2D eigenvalue weighted by Gasteiger charge is 2.33. The number of hydrogen-bond donors (Lipinski definition) is 1. The number of urea groups is 1. The van der Waals surface area contributed by atoms with Crippen LogP contribution in [0.5, 0.6) is 0 Å². The van der Waals surface area contributed by atoms with Crippen LogP contribution in [0, 0.1) is 25.5 Å². The molecule has 2 heterocycles. The molecule has 3 aromatic carbocycles. The Balaban J connectivity index is 1.66. The molecule has 1 aliphatic rings. The summed E-state index contributed by atoms with van der Waals surface area (Å²) >= 11 is 0. The van der Waals surface area contributed by atoms with Crippen molar-refractivity contribution in [1.82, 2.24) is 9.47 Å². The van der Waals surface area contributed by atoms with Crippen molar-refractivity contribution in [3.05, 3.63) is 119 Å². The number of aryl methyl sites for hydroxylation is 1. The van der Waals surface area contributed by atoms with Crippen LogP contribution in [0.3, 0.4) is 0 Å². The van der Waals surface area contributed by atoms with Gasteiger partial charge in [-0.2, -0.15) is 0 Å². The molecule has 0 bridgehead atoms. The van der Waals surface area contributed by atoms with Gasteiger partial charge in [-0.1, -0.05) is 30.3 Å². The van der Waals surface area contributed by atoms with E-state index in [1.54, 1.807) is 4.90 Å². The minimum Gasteiger partial charge on any atom is -0.318 e. The van der Waals surface area contributed by atoms with Crippen molar-refractivity contribution >= 4 is 11.7 Å². The summed E-state index contributed by atoms with van der Waals surface area (Å²) in [7, 11) is 0. The molecule has 0 saturated heterocycles. The van der Waals surface area contributed by atoms with Gasteiger partial charge < -0.3 is 14.8 Å². The molecular formula is C27H23F2N3O. The molecule has 1 N–H and O–H groups in total. The molecule has 4 nitrogen and oxygen atoms in total. The summed E-state index contributed by atoms with van der Waals surface area (Å²) in [4.78, 5) is 15.3. The predicted molar refractivity (Wildman–Crippen MR) is 124 cm³/mol. The first-order valence-corrected chi connectivity index (χ1v) is 10.8. The minimum atomic E-state index is -0.692. The number of hydrogen-bond acceptors (Lipinski definition) is 1. The van der Waals surface area contributed by atoms with Crippen molar-refractivity contribution in [3.8, 4) is 5.69 Å². The van der Waals surface area contributed by atoms with E-state index in [1.807, 2.05) is 79.2 Å². The number of amides is 2. The van der Waals surface area contributed by atoms with E-state index >= 15 is 0 Å². The lowest BCUT2D eigenvalue weighted by Crippen LogP contribution is -2.38. The standard InChI is InChI=1S/C27H23F2N3O/c1-17-7-5-9-23(18(17)2)30-27(33)32-16-19-8-3-4-10-24(19)31-12-6-11-25(31)26(32)20-13-21(28)15-22(29)14-20/h3-15,26H,16H2,1-2H3,(H,30,33). The van der Waals surface area contributed by atoms with Gasteiger partial charge in [0.2, 0.25) is 0 Å². The monoisotopic (exact) mass is 443 g/mol. The second kappa shape index (κ2) is 8.20. The van der Waals surface area contributed by atoms with Crippen molar-refractivity contribution in [2.24, 2.45) is 0 Å². The highest BCUT2D eigenvalue weighted by atomic mass is 19.1. The summed E-state index contributed by atoms with van der Waals surface area (Å²) in [6.07, 6.45) is 1.91. The maximum absolute atomic E-state index is 14.3. The maximum Gasteiger partial charge on any atom is 0.322 e. The molecule has 5 rings (SSSR count). The Labute approximate surface area is 191 Å². The molecule has 6 heteroatoms. The lowest BCUT2D eigenvalue weighted by atomic mass is 10.0. The number of aromatic nitrogens is 1. The van der Waals surface area contributed by atoms with E-state index < -0.39 is 17.7 Å². The van der Waals surface area contributed by atoms with E-state index in [4.69, 9.17) is 0 Å². The molecule has 1 aliphatic heterocycles. The van der Waals surface area contributed by atoms with Gasteiger partial charge in [0.05, 0.1) is 18.3 Å². The first kappa shape index (κ1) is 20.9. The number of anilines is 1. The molecule has 0 fully saturated rings. The van der Waals surface area contributed by atoms with Crippen LogP contribution in [0.15, 0.2) is 79.0 Å². The number of nitrogens with one attached hydrogen (secondary N) is 1. The molecule has 1 atom stereocenters. The van der Waals surface area contributed by atoms with Crippen LogP contribution >= 0.6 is 0 Å². The van der Waals surface area contributed by atoms with Gasteiger partial charge in [-0.3, -0.25) is 0 Å². The van der Waals surface area contributed by atoms with Gasteiger partial charge in [0.25, 0.3) is 0 Å². The zero-order chi connectivity index (χ0) is 23.1. The summed E-state index contributed by atoms with van der Waals surface area (Å²) in [5.74, 6) is -1.36. The van der Waals surface area contributed by atoms with Crippen molar-refractivity contribution in [3.63, 3.8) is 0 Å². The normalized spacial score (nSPS) is 14.9. The van der Waals surface area contributed by atoms with Gasteiger partial charge in [-0.25, -0.2) is 13.6 Å². The fourth-order valence-corrected chi connectivity index (χ4v) is 4.50. The topological polar surface area (TPSA) is 37.3 Å². The lowest BCUT2D eigenvalue weighted by Gasteiger charge is -2.31. The minimum absolute atomic E-state index is 0.275. The Hall–Kier alpha value is -3.93. The summed E-state index contributed by atoms with van der Waals surface area (Å²) < 4.78 is 30.5. The number of carbonyl (C=O) groups excluding carboxylic acids is 1. The Morgan fingerprint density at radius 2 is 1.70 bits per heavy atom. The molecule has 0 aliphatic carbocycles. The van der Waals surface area contributed by atoms with E-state index in [2.05, 4.69) is 5.32 Å². The lowest BCUT2D eigenvalue weighted by molar-refractivity contribution is 0.194. The second-order valence-corrected chi connectivity index (χ2v) is 8.34. The van der Waals surface area contributed by atoms with Gasteiger partial charge >= 0.3 is 6.03 Å². The average Bonchev–Trinajstić information content (AvgIpc) is 3.20. The average molecular weight is 443 g/mol. The molecule has 0 radical (unpaired) electrons. The molecule has 0 saturated carbocycles. The van der Waals surface area contributed by atoms with Crippen molar-refractivity contribution in [2.45, 2.75) is 26.4 Å². The van der Waals surface area contributed by atoms with E-state index in [0.29, 0.717) is 11.3 Å². The van der Waals surface area contributed by atoms with E-state index in [1.165, 1.54) is 12.1 Å². The van der Waals surface area contributed by atoms with Crippen LogP contribution in [-0.2, 0) is 6.54 Å². The molecule has 0 spiro atoms. The quantitative estimate of drug-likeness (QED) is 0.377. The van der Waals surface area contributed by atoms with Gasteiger partial charge in [0.1, 0.15) is 11.6 Å². The predicted octanol–water partition coefficient (Wildman–Crippen LogP) is 6.51. The fourth-order valence-electron chi connectivity index (χ4n) is 4.50. The molecule has 166 valence electrons. The second-order valence-electron chi connectivity index (χ2n) is 8.34. The molecular weight excluding hydrogens is 420 g/mol. The number of nitrogens with zero attached hydrogens (tertiary/aromatic N) is 2. The van der Waals surface area contributed by atoms with Gasteiger partial charge in [-0.15, -0.1) is 0 Å². The van der Waals surface area contributed by atoms with Gasteiger partial charge in [-0.05, 0) is 72.5 Å². The van der Waals surface area contributed by atoms with Crippen LogP contribution in [-0.4, -0.2) is 15.5 Å². The number of halogens is 2. The highest BCUT2D eigenvalue weighted by Crippen LogP contribution is 2.37. The summed E-state index contributed by atoms with van der Waals surface area (Å²) in [5.41, 5.74) is 5.73. The highest BCUT2D eigenvalue weighted by molar-refractivity contribution is 5.91. The Morgan fingerprint density at radius 1 is 0.939 bits per heavy atom. The third-order valence-electron chi connectivity index (χ3n) is 6.27. The third-order valence-corrected chi connectivity index (χ3v) is 6.27. The van der Waals surface area contributed by atoms with Crippen LogP contribution in [0.1, 0.15) is 34.0 Å². The SMILES string of the molecule is Cc1cccc(NC(=O)N2Cc3ccccc3-n3cccc3C2c2cc(F)cc(F)c2)c1C. The first-order valence-electron chi connectivity index (χ1n) is 10.8. The maximum atomic E-state index is 14.3. The zero-order valence-electron chi connectivity index (χ0n) is 18.3. The van der Waals surface area contributed by atoms with Gasteiger partial charge in [0, 0.05) is 23.6 Å². The van der Waals surface area contributed by atoms with Crippen molar-refractivity contribution in [2.75, 3.05) is 5.32 Å². The summed E-state index contributed by atoms with van der Waals surface area (Å²) in [6, 6.07) is 19.7. The number of para-hydroxylation sites is 1. The number of benzene rings is 3. The van der Waals surface area contributed by atoms with E-state index in [0.717, 1.165) is 34.1 Å². The van der Waals surface area contributed by atoms with Crippen LogP contribution in [0.2, 0.25) is 0 Å². The van der Waals surface area contributed by atoms with E-state index in [9.17, 15) is 13.6 Å². The van der Waals surface area contributed by atoms with Crippen molar-refractivity contribution < 1.29 is 13.6 Å². The number of carbonyl (C=O) groups is 1. The molecule has 1 aromatic heterocycles. The zero-order valence-corrected chi connectivity index (χ0v) is 18.3. The largest absolute Gasteiger partial charge is 0.322 e. The first-order chi connectivity index (χ1) is 15.9. The molecule has 4 aromatic rings. The van der Waals surface area contributed by atoms with Gasteiger partial charge in [0.15, 0.2) is 0 Å². The number of fused-ring (bicyclic) bond motifs is 3.